The van der Waals surface area contributed by atoms with Gasteiger partial charge >= 0.3 is 0 Å². The van der Waals surface area contributed by atoms with E-state index in [1.807, 2.05) is 6.07 Å². The quantitative estimate of drug-likeness (QED) is 0.890. The van der Waals surface area contributed by atoms with Crippen LogP contribution in [0.5, 0.6) is 0 Å². The lowest BCUT2D eigenvalue weighted by Crippen LogP contribution is -2.34. The van der Waals surface area contributed by atoms with Gasteiger partial charge in [-0.15, -0.1) is 0 Å². The number of hydrogen-bond acceptors (Lipinski definition) is 2. The summed E-state index contributed by atoms with van der Waals surface area (Å²) in [5.41, 5.74) is 1.56. The zero-order valence-corrected chi connectivity index (χ0v) is 14.3. The van der Waals surface area contributed by atoms with Gasteiger partial charge in [-0.2, -0.15) is 0 Å². The van der Waals surface area contributed by atoms with Crippen LogP contribution in [0.1, 0.15) is 12.0 Å². The molecule has 1 aliphatic rings. The zero-order chi connectivity index (χ0) is 17.8. The molecule has 0 saturated carbocycles. The average Bonchev–Trinajstić information content (AvgIpc) is 2.97. The summed E-state index contributed by atoms with van der Waals surface area (Å²) in [6.07, 6.45) is 0.736. The van der Waals surface area contributed by atoms with Crippen molar-refractivity contribution in [1.82, 2.24) is 5.32 Å². The fraction of sp³-hybridized carbons (Fsp3) is 0.263. The second-order valence-corrected chi connectivity index (χ2v) is 6.49. The molecular weight excluding hydrogens is 343 g/mol. The molecule has 0 aromatic heterocycles. The van der Waals surface area contributed by atoms with Crippen molar-refractivity contribution in [3.05, 3.63) is 64.9 Å². The Labute approximate surface area is 150 Å². The molecule has 0 radical (unpaired) electrons. The van der Waals surface area contributed by atoms with E-state index in [4.69, 9.17) is 11.6 Å². The van der Waals surface area contributed by atoms with Gasteiger partial charge in [0.1, 0.15) is 5.82 Å². The predicted octanol–water partition coefficient (Wildman–Crippen LogP) is 3.19. The molecule has 1 N–H and O–H groups in total. The first-order valence-electron chi connectivity index (χ1n) is 8.11. The van der Waals surface area contributed by atoms with E-state index in [0.717, 1.165) is 11.3 Å². The van der Waals surface area contributed by atoms with Crippen LogP contribution in [0.15, 0.2) is 48.5 Å². The summed E-state index contributed by atoms with van der Waals surface area (Å²) < 4.78 is 13.1. The predicted molar refractivity (Wildman–Crippen MR) is 95.0 cm³/mol. The molecule has 2 aromatic rings. The van der Waals surface area contributed by atoms with Crippen LogP contribution in [0.2, 0.25) is 5.02 Å². The molecule has 6 heteroatoms. The molecule has 2 aromatic carbocycles. The highest BCUT2D eigenvalue weighted by Crippen LogP contribution is 2.26. The summed E-state index contributed by atoms with van der Waals surface area (Å²) in [6, 6.07) is 13.3. The van der Waals surface area contributed by atoms with Crippen LogP contribution in [-0.2, 0) is 16.0 Å². The van der Waals surface area contributed by atoms with Crippen molar-refractivity contribution in [1.29, 1.82) is 0 Å². The summed E-state index contributed by atoms with van der Waals surface area (Å²) in [5, 5.41) is 3.43. The van der Waals surface area contributed by atoms with Crippen molar-refractivity contribution in [3.63, 3.8) is 0 Å². The Morgan fingerprint density at radius 3 is 2.72 bits per heavy atom. The highest BCUT2D eigenvalue weighted by molar-refractivity contribution is 6.30. The number of nitrogens with zero attached hydrogens (tertiary/aromatic N) is 1. The number of carbonyl (C=O) groups is 2. The van der Waals surface area contributed by atoms with Gasteiger partial charge in [0.15, 0.2) is 0 Å². The number of carbonyl (C=O) groups excluding carboxylic acids is 2. The van der Waals surface area contributed by atoms with E-state index in [-0.39, 0.29) is 30.0 Å². The Balaban J connectivity index is 1.53. The fourth-order valence-electron chi connectivity index (χ4n) is 2.92. The molecular formula is C19H18ClFN2O2. The summed E-state index contributed by atoms with van der Waals surface area (Å²) in [7, 11) is 0. The topological polar surface area (TPSA) is 49.4 Å². The Morgan fingerprint density at radius 2 is 2.00 bits per heavy atom. The number of rotatable bonds is 5. The molecule has 1 fully saturated rings. The summed E-state index contributed by atoms with van der Waals surface area (Å²) in [6.45, 7) is 0.764. The van der Waals surface area contributed by atoms with Crippen molar-refractivity contribution < 1.29 is 14.0 Å². The molecule has 0 bridgehead atoms. The number of amides is 2. The number of halogens is 2. The Morgan fingerprint density at radius 1 is 1.24 bits per heavy atom. The van der Waals surface area contributed by atoms with Crippen LogP contribution in [0.4, 0.5) is 10.1 Å². The average molecular weight is 361 g/mol. The van der Waals surface area contributed by atoms with Crippen LogP contribution < -0.4 is 10.2 Å². The molecule has 0 aliphatic carbocycles. The maximum absolute atomic E-state index is 13.1. The molecule has 3 rings (SSSR count). The van der Waals surface area contributed by atoms with E-state index in [1.165, 1.54) is 12.1 Å². The van der Waals surface area contributed by atoms with Gasteiger partial charge in [-0.25, -0.2) is 4.39 Å². The van der Waals surface area contributed by atoms with E-state index < -0.39 is 0 Å². The normalized spacial score (nSPS) is 17.0. The highest BCUT2D eigenvalue weighted by atomic mass is 35.5. The number of benzene rings is 2. The Bertz CT molecular complexity index is 779. The third-order valence-electron chi connectivity index (χ3n) is 4.24. The van der Waals surface area contributed by atoms with Gasteiger partial charge < -0.3 is 10.2 Å². The van der Waals surface area contributed by atoms with Gasteiger partial charge in [-0.1, -0.05) is 23.7 Å². The maximum atomic E-state index is 13.1. The van der Waals surface area contributed by atoms with E-state index in [0.29, 0.717) is 24.5 Å². The van der Waals surface area contributed by atoms with E-state index in [1.54, 1.807) is 35.2 Å². The van der Waals surface area contributed by atoms with Crippen LogP contribution in [-0.4, -0.2) is 24.9 Å². The van der Waals surface area contributed by atoms with Crippen molar-refractivity contribution in [2.45, 2.75) is 12.8 Å². The van der Waals surface area contributed by atoms with Crippen LogP contribution in [0.25, 0.3) is 0 Å². The molecule has 4 nitrogen and oxygen atoms in total. The van der Waals surface area contributed by atoms with Gasteiger partial charge in [0, 0.05) is 30.2 Å². The van der Waals surface area contributed by atoms with Gasteiger partial charge in [-0.05, 0) is 48.4 Å². The minimum Gasteiger partial charge on any atom is -0.355 e. The maximum Gasteiger partial charge on any atom is 0.227 e. The minimum atomic E-state index is -0.379. The highest BCUT2D eigenvalue weighted by Gasteiger charge is 2.34. The van der Waals surface area contributed by atoms with Crippen LogP contribution >= 0.6 is 11.6 Å². The molecule has 1 aliphatic heterocycles. The summed E-state index contributed by atoms with van der Waals surface area (Å²) in [4.78, 5) is 26.1. The van der Waals surface area contributed by atoms with Crippen molar-refractivity contribution in [2.24, 2.45) is 5.92 Å². The minimum absolute atomic E-state index is 0.0763. The molecule has 0 spiro atoms. The van der Waals surface area contributed by atoms with Crippen LogP contribution in [0, 0.1) is 11.7 Å². The lowest BCUT2D eigenvalue weighted by molar-refractivity contribution is -0.126. The first kappa shape index (κ1) is 17.4. The lowest BCUT2D eigenvalue weighted by atomic mass is 10.1. The largest absolute Gasteiger partial charge is 0.355 e. The Hall–Kier alpha value is -2.40. The molecule has 1 heterocycles. The van der Waals surface area contributed by atoms with E-state index in [2.05, 4.69) is 5.32 Å². The van der Waals surface area contributed by atoms with Gasteiger partial charge in [-0.3, -0.25) is 9.59 Å². The van der Waals surface area contributed by atoms with Gasteiger partial charge in [0.2, 0.25) is 11.8 Å². The van der Waals surface area contributed by atoms with Crippen molar-refractivity contribution in [3.8, 4) is 0 Å². The van der Waals surface area contributed by atoms with E-state index >= 15 is 0 Å². The molecule has 2 amide bonds. The molecule has 25 heavy (non-hydrogen) atoms. The zero-order valence-electron chi connectivity index (χ0n) is 13.5. The first-order valence-corrected chi connectivity index (χ1v) is 8.49. The standard InChI is InChI=1S/C19H18ClFN2O2/c20-15-4-6-17(7-5-15)23-12-14(11-18(23)24)19(25)22-9-8-13-2-1-3-16(21)10-13/h1-7,10,14H,8-9,11-12H2,(H,22,25). The molecule has 130 valence electrons. The van der Waals surface area contributed by atoms with Crippen LogP contribution in [0.3, 0.4) is 0 Å². The molecule has 1 saturated heterocycles. The molecule has 1 unspecified atom stereocenters. The summed E-state index contributed by atoms with van der Waals surface area (Å²) in [5.74, 6) is -0.895. The fourth-order valence-corrected chi connectivity index (χ4v) is 3.05. The molecule has 1 atom stereocenters. The first-order chi connectivity index (χ1) is 12.0. The van der Waals surface area contributed by atoms with Gasteiger partial charge in [0.05, 0.1) is 5.92 Å². The smallest absolute Gasteiger partial charge is 0.227 e. The van der Waals surface area contributed by atoms with Gasteiger partial charge in [0.25, 0.3) is 0 Å². The number of anilines is 1. The SMILES string of the molecule is O=C(NCCc1cccc(F)c1)C1CC(=O)N(c2ccc(Cl)cc2)C1. The second kappa shape index (κ2) is 7.66. The van der Waals surface area contributed by atoms with Crippen molar-refractivity contribution in [2.75, 3.05) is 18.0 Å². The third-order valence-corrected chi connectivity index (χ3v) is 4.49. The number of nitrogens with one attached hydrogen (secondary N) is 1. The van der Waals surface area contributed by atoms with Crippen molar-refractivity contribution >= 4 is 29.1 Å². The third kappa shape index (κ3) is 4.37. The summed E-state index contributed by atoms with van der Waals surface area (Å²) >= 11 is 5.86. The van der Waals surface area contributed by atoms with E-state index in [9.17, 15) is 14.0 Å². The Kier molecular flexibility index (Phi) is 5.34. The lowest BCUT2D eigenvalue weighted by Gasteiger charge is -2.16. The monoisotopic (exact) mass is 360 g/mol. The second-order valence-electron chi connectivity index (χ2n) is 6.05. The number of hydrogen-bond donors (Lipinski definition) is 1.